The number of aryl methyl sites for hydroxylation is 1. The number of thiophene rings is 1. The fourth-order valence-electron chi connectivity index (χ4n) is 9.59. The van der Waals surface area contributed by atoms with E-state index in [9.17, 15) is 21.9 Å². The van der Waals surface area contributed by atoms with Gasteiger partial charge in [0.05, 0.1) is 33.3 Å². The number of anilines is 6. The highest BCUT2D eigenvalue weighted by Crippen LogP contribution is 2.53. The number of rotatable bonds is 3. The molecule has 10 rings (SSSR count). The summed E-state index contributed by atoms with van der Waals surface area (Å²) < 4.78 is 161. The molecule has 0 N–H and O–H groups in total. The van der Waals surface area contributed by atoms with Crippen LogP contribution in [-0.4, -0.2) is 11.7 Å². The molecular weight excluding hydrogens is 830 g/mol. The molecule has 2 aliphatic heterocycles. The molecule has 0 saturated carbocycles. The van der Waals surface area contributed by atoms with Crippen LogP contribution in [0.3, 0.4) is 0 Å². The summed E-state index contributed by atoms with van der Waals surface area (Å²) in [5.41, 5.74) is -2.82. The van der Waals surface area contributed by atoms with Crippen molar-refractivity contribution >= 4 is 78.1 Å². The minimum atomic E-state index is -1.15. The van der Waals surface area contributed by atoms with Gasteiger partial charge in [-0.15, -0.1) is 11.3 Å². The highest BCUT2D eigenvalue weighted by molar-refractivity contribution is 7.33. The number of aromatic nitrogens is 1. The van der Waals surface area contributed by atoms with Crippen molar-refractivity contribution in [2.24, 2.45) is 0 Å². The molecule has 0 spiro atoms. The van der Waals surface area contributed by atoms with E-state index in [-0.39, 0.29) is 150 Å². The van der Waals surface area contributed by atoms with Crippen LogP contribution < -0.4 is 25.5 Å². The predicted molar refractivity (Wildman–Crippen MR) is 294 cm³/mol. The second-order valence-corrected chi connectivity index (χ2v) is 25.4. The molecule has 0 saturated heterocycles. The van der Waals surface area contributed by atoms with Crippen LogP contribution >= 0.6 is 11.3 Å². The van der Waals surface area contributed by atoms with Crippen molar-refractivity contribution in [3.05, 3.63) is 142 Å². The normalized spacial score (nSPS) is 19.8. The van der Waals surface area contributed by atoms with Crippen molar-refractivity contribution in [1.82, 2.24) is 4.98 Å². The van der Waals surface area contributed by atoms with Crippen molar-refractivity contribution in [2.45, 2.75) is 163 Å². The maximum Gasteiger partial charge on any atom is 0.266 e. The number of pyridine rings is 1. The van der Waals surface area contributed by atoms with Crippen LogP contribution in [0.15, 0.2) is 103 Å². The zero-order chi connectivity index (χ0) is 62.1. The maximum absolute atomic E-state index is 10.6. The Morgan fingerprint density at radius 3 is 1.76 bits per heavy atom. The van der Waals surface area contributed by atoms with Gasteiger partial charge in [-0.05, 0) is 150 Å². The highest BCUT2D eigenvalue weighted by Gasteiger charge is 2.48. The number of nitrogens with zero attached hydrogens (tertiary/aromatic N) is 3. The summed E-state index contributed by atoms with van der Waals surface area (Å²) in [5, 5.41) is 0.253. The topological polar surface area (TPSA) is 19.4 Å². The van der Waals surface area contributed by atoms with Crippen LogP contribution in [0, 0.1) is 6.92 Å². The first-order valence-corrected chi connectivity index (χ1v) is 24.4. The molecule has 344 valence electrons. The average Bonchev–Trinajstić information content (AvgIpc) is 1.72. The van der Waals surface area contributed by atoms with Crippen LogP contribution in [-0.2, 0) is 32.5 Å². The molecule has 7 aromatic rings. The highest BCUT2D eigenvalue weighted by atomic mass is 32.1. The molecule has 3 nitrogen and oxygen atoms in total. The molecule has 0 bridgehead atoms. The van der Waals surface area contributed by atoms with Crippen LogP contribution in [0.2, 0.25) is 0 Å². The van der Waals surface area contributed by atoms with E-state index >= 15 is 0 Å². The zero-order valence-corrected chi connectivity index (χ0v) is 43.1. The van der Waals surface area contributed by atoms with Gasteiger partial charge in [-0.1, -0.05) is 165 Å². The Labute approximate surface area is 429 Å². The Morgan fingerprint density at radius 1 is 0.582 bits per heavy atom. The SMILES string of the molecule is [2H]c1c([2H])c(C(C)(C)C)c([2H])c([2H])c1-c1c([2H])c(C(C)(C)C)c([2H])c([2H])c1N1c2nc(C)cc3c2B(c2sc4c([2H])c([2H])c(C(C)(C)C)c([2H])c4c2N3c2c([2H])c([2H])c3c(c2[2H])C(C)(C)CCC3(C)C)c2c([2H])c(C(C)(C)C)c([2H])c([2H])c21. The number of hydrogen-bond acceptors (Lipinski definition) is 4. The smallest absolute Gasteiger partial charge is 0.266 e. The van der Waals surface area contributed by atoms with Crippen LogP contribution in [0.25, 0.3) is 21.2 Å². The number of benzene rings is 5. The van der Waals surface area contributed by atoms with Gasteiger partial charge in [-0.25, -0.2) is 4.98 Å². The summed E-state index contributed by atoms with van der Waals surface area (Å²) in [5.74, 6) is -0.0163. The van der Waals surface area contributed by atoms with E-state index in [1.54, 1.807) is 59.4 Å². The number of fused-ring (bicyclic) bond motifs is 7. The molecule has 4 heterocycles. The van der Waals surface area contributed by atoms with E-state index in [0.717, 1.165) is 11.3 Å². The summed E-state index contributed by atoms with van der Waals surface area (Å²) in [6, 6.07) is -2.98. The third kappa shape index (κ3) is 7.49. The van der Waals surface area contributed by atoms with Crippen molar-refractivity contribution < 1.29 is 21.9 Å². The van der Waals surface area contributed by atoms with Crippen molar-refractivity contribution in [1.29, 1.82) is 0 Å². The molecule has 1 aliphatic carbocycles. The Morgan fingerprint density at radius 2 is 1.13 bits per heavy atom. The Balaban J connectivity index is 1.51. The van der Waals surface area contributed by atoms with Gasteiger partial charge < -0.3 is 4.90 Å². The Bertz CT molecular complexity index is 4050. The summed E-state index contributed by atoms with van der Waals surface area (Å²) in [6.07, 6.45) is 1.37. The van der Waals surface area contributed by atoms with E-state index in [4.69, 9.17) is 4.98 Å². The molecule has 3 aliphatic rings. The molecular formula is C62H72BN3S. The first kappa shape index (κ1) is 30.4. The molecule has 5 heteroatoms. The fourth-order valence-corrected chi connectivity index (χ4v) is 10.8. The Kier molecular flexibility index (Phi) is 6.77. The molecule has 67 heavy (non-hydrogen) atoms. The van der Waals surface area contributed by atoms with Crippen LogP contribution in [0.5, 0.6) is 0 Å². The van der Waals surface area contributed by atoms with Gasteiger partial charge in [0.1, 0.15) is 5.82 Å². The summed E-state index contributed by atoms with van der Waals surface area (Å²) in [6.45, 7) is 30.5. The second kappa shape index (κ2) is 14.9. The lowest BCUT2D eigenvalue weighted by Crippen LogP contribution is -2.61. The van der Waals surface area contributed by atoms with E-state index < -0.39 is 69.4 Å². The lowest BCUT2D eigenvalue weighted by molar-refractivity contribution is 0.332. The zero-order valence-electron chi connectivity index (χ0n) is 58.3. The van der Waals surface area contributed by atoms with E-state index in [0.29, 0.717) is 39.9 Å². The quantitative estimate of drug-likeness (QED) is 0.165. The minimum Gasteiger partial charge on any atom is -0.310 e. The van der Waals surface area contributed by atoms with Gasteiger partial charge in [-0.3, -0.25) is 4.90 Å². The van der Waals surface area contributed by atoms with Gasteiger partial charge in [0, 0.05) is 43.2 Å². The van der Waals surface area contributed by atoms with Gasteiger partial charge in [-0.2, -0.15) is 0 Å². The molecule has 5 aromatic carbocycles. The van der Waals surface area contributed by atoms with E-state index in [2.05, 4.69) is 0 Å². The predicted octanol–water partition coefficient (Wildman–Crippen LogP) is 15.9. The molecule has 0 radical (unpaired) electrons. The first-order valence-electron chi connectivity index (χ1n) is 31.6. The monoisotopic (exact) mass is 918 g/mol. The third-order valence-corrected chi connectivity index (χ3v) is 15.0. The van der Waals surface area contributed by atoms with Crippen molar-refractivity contribution in [3.63, 3.8) is 0 Å². The first-order chi connectivity index (χ1) is 37.9. The largest absolute Gasteiger partial charge is 0.310 e. The lowest BCUT2D eigenvalue weighted by atomic mass is 9.36. The van der Waals surface area contributed by atoms with Gasteiger partial charge in [0.25, 0.3) is 6.71 Å². The van der Waals surface area contributed by atoms with E-state index in [1.807, 2.05) is 69.2 Å². The molecule has 2 aromatic heterocycles. The van der Waals surface area contributed by atoms with Crippen molar-refractivity contribution in [3.8, 4) is 11.1 Å². The van der Waals surface area contributed by atoms with Gasteiger partial charge >= 0.3 is 0 Å². The summed E-state index contributed by atoms with van der Waals surface area (Å²) >= 11 is 1.11. The molecule has 0 atom stereocenters. The summed E-state index contributed by atoms with van der Waals surface area (Å²) in [4.78, 5) is 8.40. The van der Waals surface area contributed by atoms with Crippen LogP contribution in [0.4, 0.5) is 34.3 Å². The molecule has 0 amide bonds. The molecule has 0 fully saturated rings. The average molecular weight is 918 g/mol. The molecule has 0 unspecified atom stereocenters. The van der Waals surface area contributed by atoms with Crippen molar-refractivity contribution in [2.75, 3.05) is 9.80 Å². The minimum absolute atomic E-state index is 0.00676. The van der Waals surface area contributed by atoms with E-state index in [1.165, 1.54) is 4.90 Å². The van der Waals surface area contributed by atoms with Crippen LogP contribution in [0.1, 0.15) is 185 Å². The second-order valence-electron chi connectivity index (χ2n) is 24.4. The third-order valence-electron chi connectivity index (χ3n) is 13.8. The number of hydrogen-bond donors (Lipinski definition) is 0. The Hall–Kier alpha value is -5.13. The fraction of sp³-hybridized carbons (Fsp3) is 0.403. The maximum atomic E-state index is 10.6. The van der Waals surface area contributed by atoms with Gasteiger partial charge in [0.15, 0.2) is 0 Å². The standard InChI is InChI=1S/C62H72BN3S/c1-37-32-51-53-56(64-37)66(49-27-22-40(58(5,6)7)33-44(49)38-18-20-39(21-19-38)57(2,3)4)50-28-23-42(60(11,12)13)35-48(50)63(53)55-54(45-34-41(59(8,9)10)24-29-52(45)67-55)65(51)43-25-26-46-47(36-43)62(16,17)31-30-61(46,14)15/h18-29,32-36H,30-31H2,1-17H3/i18D,19D,20D,21D,22D,23D,24D,25D,26D,27D,28D,29D,33D,34D,35D,36D. The summed E-state index contributed by atoms with van der Waals surface area (Å²) in [7, 11) is 0. The van der Waals surface area contributed by atoms with Gasteiger partial charge in [0.2, 0.25) is 0 Å². The lowest BCUT2D eigenvalue weighted by Gasteiger charge is -2.45.